The van der Waals surface area contributed by atoms with Crippen LogP contribution >= 0.6 is 34.8 Å². The Hall–Kier alpha value is -2.91. The van der Waals surface area contributed by atoms with Crippen molar-refractivity contribution in [3.05, 3.63) is 112 Å². The van der Waals surface area contributed by atoms with Crippen LogP contribution in [0.1, 0.15) is 11.1 Å². The third-order valence-corrected chi connectivity index (χ3v) is 4.40. The standard InChI is InChI=1S/C11H9ClFN3.C7H9N.C4HCl2FN2/c12-11-15-7-9(13)10(16-11)14-6-8-4-2-1-3-5-8;8-6-7-4-2-1-3-5-7;5-3-2(7)1-8-4(6)9-3/h1-5,7H,6H2,(H,14,15,16);1-5H,6,8H2;1H. The molecule has 0 aliphatic carbocycles. The van der Waals surface area contributed by atoms with E-state index in [1.54, 1.807) is 0 Å². The second-order valence-corrected chi connectivity index (χ2v) is 7.18. The first-order valence-corrected chi connectivity index (χ1v) is 10.6. The van der Waals surface area contributed by atoms with Gasteiger partial charge in [-0.15, -0.1) is 0 Å². The number of nitrogens with one attached hydrogen (secondary N) is 1. The quantitative estimate of drug-likeness (QED) is 0.260. The van der Waals surface area contributed by atoms with Gasteiger partial charge in [0.05, 0.1) is 12.4 Å². The Labute approximate surface area is 204 Å². The van der Waals surface area contributed by atoms with Crippen molar-refractivity contribution in [2.24, 2.45) is 5.73 Å². The van der Waals surface area contributed by atoms with Crippen molar-refractivity contribution in [2.45, 2.75) is 13.1 Å². The fourth-order valence-electron chi connectivity index (χ4n) is 2.19. The smallest absolute Gasteiger partial charge is 0.224 e. The SMILES string of the molecule is Fc1cnc(Cl)nc1Cl.Fc1cnc(Cl)nc1NCc1ccccc1.NCc1ccccc1. The van der Waals surface area contributed by atoms with Gasteiger partial charge in [0.25, 0.3) is 0 Å². The van der Waals surface area contributed by atoms with Crippen LogP contribution in [0.3, 0.4) is 0 Å². The average molecular weight is 512 g/mol. The molecule has 0 fully saturated rings. The highest BCUT2D eigenvalue weighted by Crippen LogP contribution is 2.13. The topological polar surface area (TPSA) is 89.6 Å². The molecular formula is C22H19Cl3F2N6. The highest BCUT2D eigenvalue weighted by molar-refractivity contribution is 6.31. The summed E-state index contributed by atoms with van der Waals surface area (Å²) in [5.41, 5.74) is 7.58. The van der Waals surface area contributed by atoms with Gasteiger partial charge in [0, 0.05) is 13.1 Å². The van der Waals surface area contributed by atoms with Crippen molar-refractivity contribution in [2.75, 3.05) is 5.32 Å². The number of nitrogens with zero attached hydrogens (tertiary/aromatic N) is 4. The first kappa shape index (κ1) is 26.3. The van der Waals surface area contributed by atoms with Gasteiger partial charge in [-0.3, -0.25) is 0 Å². The van der Waals surface area contributed by atoms with E-state index < -0.39 is 11.6 Å². The highest BCUT2D eigenvalue weighted by Gasteiger charge is 2.05. The molecule has 2 aromatic heterocycles. The van der Waals surface area contributed by atoms with Gasteiger partial charge in [-0.05, 0) is 34.3 Å². The molecule has 33 heavy (non-hydrogen) atoms. The molecule has 2 aromatic carbocycles. The number of benzene rings is 2. The van der Waals surface area contributed by atoms with Crippen LogP contribution in [0.25, 0.3) is 0 Å². The number of aromatic nitrogens is 4. The van der Waals surface area contributed by atoms with Crippen molar-refractivity contribution >= 4 is 40.6 Å². The van der Waals surface area contributed by atoms with Crippen molar-refractivity contribution in [1.82, 2.24) is 19.9 Å². The molecule has 2 heterocycles. The zero-order chi connectivity index (χ0) is 24.1. The second-order valence-electron chi connectivity index (χ2n) is 6.14. The Kier molecular flexibility index (Phi) is 11.4. The Morgan fingerprint density at radius 2 is 1.24 bits per heavy atom. The van der Waals surface area contributed by atoms with E-state index in [0.29, 0.717) is 13.1 Å². The summed E-state index contributed by atoms with van der Waals surface area (Å²) in [6, 6.07) is 19.6. The number of nitrogens with two attached hydrogens (primary N) is 1. The van der Waals surface area contributed by atoms with Crippen LogP contribution in [0.2, 0.25) is 15.7 Å². The van der Waals surface area contributed by atoms with Gasteiger partial charge < -0.3 is 11.1 Å². The van der Waals surface area contributed by atoms with Gasteiger partial charge >= 0.3 is 0 Å². The summed E-state index contributed by atoms with van der Waals surface area (Å²) >= 11 is 16.0. The molecule has 6 nitrogen and oxygen atoms in total. The van der Waals surface area contributed by atoms with Crippen LogP contribution in [0.4, 0.5) is 14.6 Å². The van der Waals surface area contributed by atoms with Gasteiger partial charge in [-0.25, -0.2) is 23.7 Å². The molecule has 0 amide bonds. The van der Waals surface area contributed by atoms with E-state index in [-0.39, 0.29) is 21.5 Å². The number of halogens is 5. The predicted molar refractivity (Wildman–Crippen MR) is 127 cm³/mol. The van der Waals surface area contributed by atoms with E-state index in [9.17, 15) is 8.78 Å². The van der Waals surface area contributed by atoms with Gasteiger partial charge in [0.2, 0.25) is 10.6 Å². The average Bonchev–Trinajstić information content (AvgIpc) is 2.84. The minimum Gasteiger partial charge on any atom is -0.363 e. The Bertz CT molecular complexity index is 1120. The molecule has 11 heteroatoms. The molecule has 0 saturated carbocycles. The van der Waals surface area contributed by atoms with Crippen molar-refractivity contribution < 1.29 is 8.78 Å². The van der Waals surface area contributed by atoms with Crippen LogP contribution in [-0.4, -0.2) is 19.9 Å². The first-order valence-electron chi connectivity index (χ1n) is 9.42. The summed E-state index contributed by atoms with van der Waals surface area (Å²) in [5, 5.41) is 2.58. The maximum Gasteiger partial charge on any atom is 0.224 e. The molecule has 0 atom stereocenters. The molecular weight excluding hydrogens is 493 g/mol. The van der Waals surface area contributed by atoms with E-state index >= 15 is 0 Å². The maximum absolute atomic E-state index is 13.2. The van der Waals surface area contributed by atoms with Crippen molar-refractivity contribution in [1.29, 1.82) is 0 Å². The third kappa shape index (κ3) is 10.0. The normalized spacial score (nSPS) is 9.76. The molecule has 0 aliphatic rings. The summed E-state index contributed by atoms with van der Waals surface area (Å²) in [7, 11) is 0. The predicted octanol–water partition coefficient (Wildman–Crippen LogP) is 5.95. The number of rotatable bonds is 4. The van der Waals surface area contributed by atoms with E-state index in [1.165, 1.54) is 5.56 Å². The lowest BCUT2D eigenvalue weighted by Crippen LogP contribution is -2.04. The molecule has 0 spiro atoms. The fourth-order valence-corrected chi connectivity index (χ4v) is 2.63. The molecule has 0 unspecified atom stereocenters. The van der Waals surface area contributed by atoms with Crippen molar-refractivity contribution in [3.63, 3.8) is 0 Å². The summed E-state index contributed by atoms with van der Waals surface area (Å²) in [6.07, 6.45) is 1.96. The Balaban J connectivity index is 0.000000192. The highest BCUT2D eigenvalue weighted by atomic mass is 35.5. The van der Waals surface area contributed by atoms with Gasteiger partial charge in [-0.1, -0.05) is 72.3 Å². The molecule has 0 saturated heterocycles. The largest absolute Gasteiger partial charge is 0.363 e. The molecule has 0 aliphatic heterocycles. The van der Waals surface area contributed by atoms with E-state index in [1.807, 2.05) is 60.7 Å². The lowest BCUT2D eigenvalue weighted by molar-refractivity contribution is 0.614. The second kappa shape index (κ2) is 14.3. The van der Waals surface area contributed by atoms with Crippen molar-refractivity contribution in [3.8, 4) is 0 Å². The molecule has 172 valence electrons. The third-order valence-electron chi connectivity index (χ3n) is 3.77. The van der Waals surface area contributed by atoms with Crippen LogP contribution < -0.4 is 11.1 Å². The molecule has 4 aromatic rings. The minimum absolute atomic E-state index is 0.0250. The fraction of sp³-hybridized carbons (Fsp3) is 0.0909. The zero-order valence-corrected chi connectivity index (χ0v) is 19.4. The van der Waals surface area contributed by atoms with E-state index in [4.69, 9.17) is 40.5 Å². The monoisotopic (exact) mass is 510 g/mol. The molecule has 0 bridgehead atoms. The lowest BCUT2D eigenvalue weighted by atomic mass is 10.2. The maximum atomic E-state index is 13.2. The van der Waals surface area contributed by atoms with Crippen LogP contribution in [-0.2, 0) is 13.1 Å². The van der Waals surface area contributed by atoms with Crippen LogP contribution in [0, 0.1) is 11.6 Å². The molecule has 4 rings (SSSR count). The molecule has 0 radical (unpaired) electrons. The number of hydrogen-bond donors (Lipinski definition) is 2. The van der Waals surface area contributed by atoms with Crippen LogP contribution in [0.5, 0.6) is 0 Å². The Morgan fingerprint density at radius 1 is 0.727 bits per heavy atom. The molecule has 3 N–H and O–H groups in total. The minimum atomic E-state index is -0.666. The first-order chi connectivity index (χ1) is 15.9. The van der Waals surface area contributed by atoms with Gasteiger partial charge in [0.15, 0.2) is 22.6 Å². The van der Waals surface area contributed by atoms with E-state index in [0.717, 1.165) is 18.0 Å². The lowest BCUT2D eigenvalue weighted by Gasteiger charge is -2.06. The van der Waals surface area contributed by atoms with Gasteiger partial charge in [0.1, 0.15) is 0 Å². The summed E-state index contributed by atoms with van der Waals surface area (Å²) in [6.45, 7) is 1.13. The summed E-state index contributed by atoms with van der Waals surface area (Å²) in [5.74, 6) is -1.06. The Morgan fingerprint density at radius 3 is 1.73 bits per heavy atom. The number of hydrogen-bond acceptors (Lipinski definition) is 6. The summed E-state index contributed by atoms with van der Waals surface area (Å²) < 4.78 is 25.4. The van der Waals surface area contributed by atoms with E-state index in [2.05, 4.69) is 25.3 Å². The summed E-state index contributed by atoms with van der Waals surface area (Å²) in [4.78, 5) is 13.9. The zero-order valence-electron chi connectivity index (χ0n) is 17.1. The number of anilines is 1. The van der Waals surface area contributed by atoms with Gasteiger partial charge in [-0.2, -0.15) is 4.98 Å². The van der Waals surface area contributed by atoms with Crippen LogP contribution in [0.15, 0.2) is 73.1 Å².